The predicted octanol–water partition coefficient (Wildman–Crippen LogP) is 3.31. The minimum Gasteiger partial charge on any atom is -0.357 e. The normalized spacial score (nSPS) is 23.6. The molecule has 26 heavy (non-hydrogen) atoms. The molecule has 1 aromatic rings. The molecule has 146 valence electrons. The van der Waals surface area contributed by atoms with Crippen molar-refractivity contribution in [1.82, 2.24) is 15.5 Å². The van der Waals surface area contributed by atoms with Crippen LogP contribution in [0.15, 0.2) is 23.2 Å². The van der Waals surface area contributed by atoms with Crippen molar-refractivity contribution in [2.45, 2.75) is 57.7 Å². The smallest absolute Gasteiger partial charge is 0.191 e. The van der Waals surface area contributed by atoms with Crippen molar-refractivity contribution in [3.05, 3.63) is 35.4 Å². The van der Waals surface area contributed by atoms with Crippen LogP contribution in [0.1, 0.15) is 38.7 Å². The summed E-state index contributed by atoms with van der Waals surface area (Å²) < 4.78 is 26.9. The third kappa shape index (κ3) is 5.77. The van der Waals surface area contributed by atoms with E-state index in [-0.39, 0.29) is 29.8 Å². The van der Waals surface area contributed by atoms with Crippen LogP contribution < -0.4 is 10.6 Å². The summed E-state index contributed by atoms with van der Waals surface area (Å²) in [5.41, 5.74) is 0.369. The van der Waals surface area contributed by atoms with E-state index in [1.165, 1.54) is 25.0 Å². The van der Waals surface area contributed by atoms with Crippen molar-refractivity contribution in [3.8, 4) is 0 Å². The fourth-order valence-electron chi connectivity index (χ4n) is 3.61. The van der Waals surface area contributed by atoms with Crippen LogP contribution >= 0.6 is 24.0 Å². The number of likely N-dealkylation sites (tertiary alicyclic amines) is 1. The lowest BCUT2D eigenvalue weighted by Gasteiger charge is -2.20. The van der Waals surface area contributed by atoms with Gasteiger partial charge in [0, 0.05) is 37.8 Å². The second-order valence-electron chi connectivity index (χ2n) is 7.10. The molecule has 1 aliphatic heterocycles. The summed E-state index contributed by atoms with van der Waals surface area (Å²) in [5.74, 6) is -0.0288. The predicted molar refractivity (Wildman–Crippen MR) is 112 cm³/mol. The molecule has 0 radical (unpaired) electrons. The van der Waals surface area contributed by atoms with Gasteiger partial charge in [0.15, 0.2) is 5.96 Å². The number of nitrogens with zero attached hydrogens (tertiary/aromatic N) is 2. The molecule has 1 aliphatic carbocycles. The Balaban J connectivity index is 0.00000243. The maximum atomic E-state index is 13.7. The molecule has 1 aromatic carbocycles. The van der Waals surface area contributed by atoms with E-state index in [0.717, 1.165) is 37.6 Å². The Bertz CT molecular complexity index is 622. The van der Waals surface area contributed by atoms with Crippen molar-refractivity contribution in [2.24, 2.45) is 4.99 Å². The van der Waals surface area contributed by atoms with Gasteiger partial charge in [-0.2, -0.15) is 0 Å². The van der Waals surface area contributed by atoms with Crippen LogP contribution in [0.3, 0.4) is 0 Å². The van der Waals surface area contributed by atoms with Crippen molar-refractivity contribution in [1.29, 1.82) is 0 Å². The van der Waals surface area contributed by atoms with Crippen LogP contribution in [0, 0.1) is 11.6 Å². The van der Waals surface area contributed by atoms with Gasteiger partial charge in [0.1, 0.15) is 11.6 Å². The van der Waals surface area contributed by atoms with Crippen molar-refractivity contribution >= 4 is 29.9 Å². The molecular formula is C19H29F2IN4. The summed E-state index contributed by atoms with van der Waals surface area (Å²) in [7, 11) is 0. The van der Waals surface area contributed by atoms with E-state index in [9.17, 15) is 8.78 Å². The van der Waals surface area contributed by atoms with E-state index in [1.54, 1.807) is 0 Å². The van der Waals surface area contributed by atoms with Gasteiger partial charge >= 0.3 is 0 Å². The Morgan fingerprint density at radius 2 is 2.08 bits per heavy atom. The molecule has 1 heterocycles. The van der Waals surface area contributed by atoms with Gasteiger partial charge in [-0.25, -0.2) is 8.78 Å². The third-order valence-electron chi connectivity index (χ3n) is 4.98. The lowest BCUT2D eigenvalue weighted by Crippen LogP contribution is -2.44. The summed E-state index contributed by atoms with van der Waals surface area (Å²) in [5, 5.41) is 6.75. The monoisotopic (exact) mass is 478 g/mol. The summed E-state index contributed by atoms with van der Waals surface area (Å²) in [6.45, 7) is 6.56. The highest BCUT2D eigenvalue weighted by Gasteiger charge is 2.38. The van der Waals surface area contributed by atoms with Gasteiger partial charge in [-0.3, -0.25) is 9.89 Å². The van der Waals surface area contributed by atoms with Crippen molar-refractivity contribution < 1.29 is 8.78 Å². The van der Waals surface area contributed by atoms with Crippen LogP contribution in [0.5, 0.6) is 0 Å². The first-order chi connectivity index (χ1) is 12.1. The highest BCUT2D eigenvalue weighted by Crippen LogP contribution is 2.33. The van der Waals surface area contributed by atoms with E-state index in [2.05, 4.69) is 27.4 Å². The van der Waals surface area contributed by atoms with Crippen LogP contribution in [0.4, 0.5) is 8.78 Å². The van der Waals surface area contributed by atoms with Gasteiger partial charge in [-0.1, -0.05) is 0 Å². The number of rotatable bonds is 6. The molecule has 0 aromatic heterocycles. The average molecular weight is 478 g/mol. The zero-order valence-electron chi connectivity index (χ0n) is 15.5. The van der Waals surface area contributed by atoms with Crippen molar-refractivity contribution in [2.75, 3.05) is 19.6 Å². The topological polar surface area (TPSA) is 39.7 Å². The molecule has 4 nitrogen and oxygen atoms in total. The van der Waals surface area contributed by atoms with Gasteiger partial charge in [-0.05, 0) is 63.3 Å². The molecule has 2 fully saturated rings. The Morgan fingerprint density at radius 1 is 1.31 bits per heavy atom. The minimum absolute atomic E-state index is 0. The number of aliphatic imine (C=N–C) groups is 1. The van der Waals surface area contributed by atoms with E-state index in [1.807, 2.05) is 6.92 Å². The molecule has 2 unspecified atom stereocenters. The van der Waals surface area contributed by atoms with E-state index in [0.29, 0.717) is 30.6 Å². The van der Waals surface area contributed by atoms with Crippen LogP contribution in [0.25, 0.3) is 0 Å². The minimum atomic E-state index is -0.412. The summed E-state index contributed by atoms with van der Waals surface area (Å²) in [6.07, 6.45) is 4.14. The second-order valence-corrected chi connectivity index (χ2v) is 7.10. The Kier molecular flexibility index (Phi) is 8.06. The summed E-state index contributed by atoms with van der Waals surface area (Å²) in [6, 6.07) is 5.33. The van der Waals surface area contributed by atoms with Gasteiger partial charge in [0.25, 0.3) is 0 Å². The molecule has 2 atom stereocenters. The fourth-order valence-corrected chi connectivity index (χ4v) is 3.61. The summed E-state index contributed by atoms with van der Waals surface area (Å²) >= 11 is 0. The van der Waals surface area contributed by atoms with Gasteiger partial charge < -0.3 is 10.6 Å². The Labute approximate surface area is 171 Å². The first-order valence-corrected chi connectivity index (χ1v) is 9.31. The van der Waals surface area contributed by atoms with E-state index in [4.69, 9.17) is 0 Å². The van der Waals surface area contributed by atoms with Crippen LogP contribution in [-0.4, -0.2) is 48.6 Å². The van der Waals surface area contributed by atoms with Gasteiger partial charge in [0.2, 0.25) is 0 Å². The average Bonchev–Trinajstić information content (AvgIpc) is 3.35. The number of nitrogens with one attached hydrogen (secondary N) is 2. The lowest BCUT2D eigenvalue weighted by molar-refractivity contribution is 0.256. The zero-order chi connectivity index (χ0) is 17.8. The van der Waals surface area contributed by atoms with Gasteiger partial charge in [-0.15, -0.1) is 24.0 Å². The lowest BCUT2D eigenvalue weighted by atomic mass is 10.1. The van der Waals surface area contributed by atoms with Crippen LogP contribution in [-0.2, 0) is 6.42 Å². The largest absolute Gasteiger partial charge is 0.357 e. The zero-order valence-corrected chi connectivity index (χ0v) is 17.8. The standard InChI is InChI=1S/C19H28F2N4.HI/c1-3-22-19(23-9-8-14-11-15(20)4-7-18(14)21)24-16-10-13(2)25(12-16)17-5-6-17;/h4,7,11,13,16-17H,3,5-6,8-10,12H2,1-2H3,(H2,22,23,24);1H. The number of hydrogen-bond acceptors (Lipinski definition) is 2. The first kappa shape index (κ1) is 21.3. The third-order valence-corrected chi connectivity index (χ3v) is 4.98. The van der Waals surface area contributed by atoms with Crippen molar-refractivity contribution in [3.63, 3.8) is 0 Å². The molecule has 1 saturated carbocycles. The van der Waals surface area contributed by atoms with Gasteiger partial charge in [0.05, 0.1) is 0 Å². The quantitative estimate of drug-likeness (QED) is 0.375. The Hall–Kier alpha value is -0.960. The molecule has 2 aliphatic rings. The van der Waals surface area contributed by atoms with E-state index < -0.39 is 5.82 Å². The number of guanidine groups is 1. The maximum absolute atomic E-state index is 13.7. The molecule has 0 bridgehead atoms. The first-order valence-electron chi connectivity index (χ1n) is 9.31. The molecule has 7 heteroatoms. The van der Waals surface area contributed by atoms with Crippen LogP contribution in [0.2, 0.25) is 0 Å². The fraction of sp³-hybridized carbons (Fsp3) is 0.632. The highest BCUT2D eigenvalue weighted by molar-refractivity contribution is 14.0. The molecular weight excluding hydrogens is 449 g/mol. The van der Waals surface area contributed by atoms with E-state index >= 15 is 0 Å². The molecule has 3 rings (SSSR count). The molecule has 2 N–H and O–H groups in total. The molecule has 1 saturated heterocycles. The number of halogens is 3. The summed E-state index contributed by atoms with van der Waals surface area (Å²) in [4.78, 5) is 7.13. The maximum Gasteiger partial charge on any atom is 0.191 e. The SMILES string of the molecule is CCNC(=NCCc1cc(F)ccc1F)NC1CC(C)N(C2CC2)C1.I. The number of benzene rings is 1. The highest BCUT2D eigenvalue weighted by atomic mass is 127. The molecule has 0 amide bonds. The number of hydrogen-bond donors (Lipinski definition) is 2. The molecule has 0 spiro atoms. The Morgan fingerprint density at radius 3 is 2.77 bits per heavy atom. The second kappa shape index (κ2) is 9.82.